The molecule has 0 N–H and O–H groups in total. The van der Waals surface area contributed by atoms with Crippen LogP contribution in [0.2, 0.25) is 0 Å². The molecular formula is H5BaBiFeO. The summed E-state index contributed by atoms with van der Waals surface area (Å²) in [5, 5.41) is 0. The molecule has 4 heavy (non-hydrogen) atoms. The maximum atomic E-state index is 8.00. The van der Waals surface area contributed by atoms with Gasteiger partial charge in [0.1, 0.15) is 0 Å². The predicted molar refractivity (Wildman–Crippen MR) is 19.2 cm³/mol. The molecule has 0 saturated heterocycles. The third-order valence-electron chi connectivity index (χ3n) is 0. The molecule has 0 aliphatic heterocycles. The van der Waals surface area contributed by atoms with Crippen molar-refractivity contribution < 1.29 is 19.8 Å². The van der Waals surface area contributed by atoms with E-state index < -0.39 is 0 Å². The second-order valence-electron chi connectivity index (χ2n) is 0. The van der Waals surface area contributed by atoms with Gasteiger partial charge in [-0.3, -0.25) is 0 Å². The average Bonchev–Trinajstić information content (AvgIpc) is 1.00. The Kier molecular flexibility index (Phi) is 67.8. The summed E-state index contributed by atoms with van der Waals surface area (Å²) in [6.45, 7) is 0. The van der Waals surface area contributed by atoms with Gasteiger partial charge in [0, 0.05) is 0 Å². The minimum absolute atomic E-state index is 0. The molecule has 0 bridgehead atoms. The van der Waals surface area contributed by atoms with Crippen LogP contribution in [-0.2, 0) is 19.8 Å². The monoisotopic (exact) mass is 424 g/mol. The summed E-state index contributed by atoms with van der Waals surface area (Å²) in [4.78, 5) is 0. The van der Waals surface area contributed by atoms with E-state index in [4.69, 9.17) is 3.83 Å². The van der Waals surface area contributed by atoms with Crippen molar-refractivity contribution in [3.63, 3.8) is 0 Å². The van der Waals surface area contributed by atoms with Crippen molar-refractivity contribution in [2.75, 3.05) is 0 Å². The molecule has 0 aliphatic carbocycles. The topological polar surface area (TPSA) is 17.1 Å². The summed E-state index contributed by atoms with van der Waals surface area (Å²) >= 11 is 2.00. The van der Waals surface area contributed by atoms with Gasteiger partial charge >= 0.3 is 94.9 Å². The molecule has 0 fully saturated rings. The molecule has 26 valence electrons. The Labute approximate surface area is 92.5 Å². The van der Waals surface area contributed by atoms with Crippen molar-refractivity contribution in [3.8, 4) is 0 Å². The predicted octanol–water partition coefficient (Wildman–Crippen LogP) is -2.22. The molecule has 4 heteroatoms. The van der Waals surface area contributed by atoms with Crippen LogP contribution in [0.5, 0.6) is 0 Å². The van der Waals surface area contributed by atoms with Crippen molar-refractivity contribution in [1.82, 2.24) is 0 Å². The second kappa shape index (κ2) is 17.1. The fourth-order valence-electron chi connectivity index (χ4n) is 0. The van der Waals surface area contributed by atoms with Crippen molar-refractivity contribution in [2.24, 2.45) is 0 Å². The standard InChI is InChI=1S/Ba.Bi.Fe.O.5H. The van der Waals surface area contributed by atoms with Crippen molar-refractivity contribution in [3.05, 3.63) is 0 Å². The summed E-state index contributed by atoms with van der Waals surface area (Å²) in [5.41, 5.74) is 0. The van der Waals surface area contributed by atoms with E-state index in [0.717, 1.165) is 0 Å². The van der Waals surface area contributed by atoms with Crippen molar-refractivity contribution in [2.45, 2.75) is 0 Å². The molecule has 0 spiro atoms. The molecule has 0 aromatic carbocycles. The van der Waals surface area contributed by atoms with Gasteiger partial charge in [0.05, 0.1) is 0 Å². The Balaban J connectivity index is -0.00000000500. The molecule has 1 nitrogen and oxygen atoms in total. The van der Waals surface area contributed by atoms with Gasteiger partial charge in [0.2, 0.25) is 0 Å². The van der Waals surface area contributed by atoms with Crippen LogP contribution in [0.25, 0.3) is 0 Å². The zero-order valence-electron chi connectivity index (χ0n) is 1.47. The zero-order chi connectivity index (χ0) is 2.00. The van der Waals surface area contributed by atoms with Gasteiger partial charge in [-0.1, -0.05) is 0 Å². The van der Waals surface area contributed by atoms with Crippen LogP contribution in [0.3, 0.4) is 0 Å². The van der Waals surface area contributed by atoms with E-state index in [1.807, 2.05) is 15.9 Å². The van der Waals surface area contributed by atoms with E-state index in [-0.39, 0.29) is 75.1 Å². The zero-order valence-corrected chi connectivity index (χ0v) is 8.07. The van der Waals surface area contributed by atoms with Crippen LogP contribution >= 0.6 is 0 Å². The van der Waals surface area contributed by atoms with E-state index >= 15 is 0 Å². The number of hydrogen-bond donors (Lipinski definition) is 0. The summed E-state index contributed by atoms with van der Waals surface area (Å²) in [6, 6.07) is 0. The third kappa shape index (κ3) is 8.84. The third-order valence-corrected chi connectivity index (χ3v) is 0. The molecular weight excluding hydrogens is 418 g/mol. The summed E-state index contributed by atoms with van der Waals surface area (Å²) in [5.74, 6) is 0. The van der Waals surface area contributed by atoms with Gasteiger partial charge < -0.3 is 0 Å². The summed E-state index contributed by atoms with van der Waals surface area (Å²) in [6.07, 6.45) is 0. The van der Waals surface area contributed by atoms with Crippen LogP contribution in [0, 0.1) is 0 Å². The molecule has 0 rings (SSSR count). The van der Waals surface area contributed by atoms with Crippen molar-refractivity contribution in [1.29, 1.82) is 0 Å². The first-order valence-corrected chi connectivity index (χ1v) is 0.595. The number of rotatable bonds is 0. The maximum absolute atomic E-state index is 8.00. The average molecular weight is 423 g/mol. The van der Waals surface area contributed by atoms with Gasteiger partial charge in [0.25, 0.3) is 0 Å². The van der Waals surface area contributed by atoms with Crippen LogP contribution < -0.4 is 0 Å². The summed E-state index contributed by atoms with van der Waals surface area (Å²) in [7, 11) is 0. The number of hydrogen-bond acceptors (Lipinski definition) is 1. The molecule has 0 aromatic heterocycles. The second-order valence-corrected chi connectivity index (χ2v) is 0. The Bertz CT molecular complexity index is 8.00. The van der Waals surface area contributed by atoms with Gasteiger partial charge in [-0.05, 0) is 0 Å². The van der Waals surface area contributed by atoms with Crippen molar-refractivity contribution >= 4 is 75.1 Å². The first-order valence-electron chi connectivity index (χ1n) is 0.144. The first kappa shape index (κ1) is 15.9. The normalized spacial score (nSPS) is 1.25. The molecule has 0 aromatic rings. The van der Waals surface area contributed by atoms with Gasteiger partial charge in [-0.25, -0.2) is 0 Å². The Hall–Kier alpha value is 2.77. The Morgan fingerprint density at radius 3 is 1.25 bits per heavy atom. The van der Waals surface area contributed by atoms with Crippen LogP contribution in [0.1, 0.15) is 0 Å². The Morgan fingerprint density at radius 1 is 1.25 bits per heavy atom. The van der Waals surface area contributed by atoms with Crippen LogP contribution in [-0.4, -0.2) is 75.1 Å². The molecule has 0 aliphatic rings. The molecule has 0 unspecified atom stereocenters. The summed E-state index contributed by atoms with van der Waals surface area (Å²) < 4.78 is 8.00. The molecule has 0 atom stereocenters. The first-order chi connectivity index (χ1) is 1.00. The van der Waals surface area contributed by atoms with Gasteiger partial charge in [-0.2, -0.15) is 0 Å². The molecule has 0 saturated carbocycles. The van der Waals surface area contributed by atoms with Gasteiger partial charge in [0.15, 0.2) is 0 Å². The fourth-order valence-corrected chi connectivity index (χ4v) is 0. The molecule has 0 heterocycles. The van der Waals surface area contributed by atoms with Gasteiger partial charge in [-0.15, -0.1) is 0 Å². The molecule has 0 amide bonds. The quantitative estimate of drug-likeness (QED) is 0.404. The van der Waals surface area contributed by atoms with E-state index in [1.54, 1.807) is 0 Å². The molecule has 0 radical (unpaired) electrons. The SMILES string of the molecule is [BaH2].[BiH3].[O]=[Fe]. The van der Waals surface area contributed by atoms with E-state index in [1.165, 1.54) is 0 Å². The van der Waals surface area contributed by atoms with Crippen LogP contribution in [0.15, 0.2) is 0 Å². The van der Waals surface area contributed by atoms with E-state index in [0.29, 0.717) is 0 Å². The Morgan fingerprint density at radius 2 is 1.25 bits per heavy atom. The van der Waals surface area contributed by atoms with Crippen LogP contribution in [0.4, 0.5) is 0 Å². The minimum atomic E-state index is 0. The van der Waals surface area contributed by atoms with E-state index in [2.05, 4.69) is 0 Å². The van der Waals surface area contributed by atoms with E-state index in [9.17, 15) is 0 Å². The fraction of sp³-hybridized carbons (Fsp3) is 0.